The highest BCUT2D eigenvalue weighted by Crippen LogP contribution is 2.39. The van der Waals surface area contributed by atoms with Crippen molar-refractivity contribution < 1.29 is 47.4 Å². The molecule has 16 heteroatoms. The number of thioether (sulfide) groups is 2. The fourth-order valence-electron chi connectivity index (χ4n) is 3.33. The number of ether oxygens (including phenoxy) is 7. The number of rotatable bonds is 13. The summed E-state index contributed by atoms with van der Waals surface area (Å²) in [5.41, 5.74) is -0.469. The Bertz CT molecular complexity index is 1090. The monoisotopic (exact) mass is 574 g/mol. The maximum absolute atomic E-state index is 13.6. The predicted molar refractivity (Wildman–Crippen MR) is 131 cm³/mol. The minimum absolute atomic E-state index is 0.0413. The van der Waals surface area contributed by atoms with Gasteiger partial charge >= 0.3 is 18.0 Å². The molecule has 4 rings (SSSR count). The molecule has 2 aromatic heterocycles. The summed E-state index contributed by atoms with van der Waals surface area (Å²) in [5, 5.41) is 9.94. The normalized spacial score (nSPS) is 24.7. The number of carbonyl (C=O) groups is 1. The minimum Gasteiger partial charge on any atom is -0.478 e. The molecule has 1 N–H and O–H groups in total. The molecular weight excluding hydrogens is 547 g/mol. The summed E-state index contributed by atoms with van der Waals surface area (Å²) in [6.45, 7) is 4.13. The van der Waals surface area contributed by atoms with E-state index in [1.165, 1.54) is 29.7 Å². The van der Waals surface area contributed by atoms with E-state index < -0.39 is 34.7 Å². The third-order valence-corrected chi connectivity index (χ3v) is 7.30. The standard InChI is InChI=1S/C22H27FN4O9S2/c1-3-30-14-5-6-24-20(26-14)33-12-22(36-16(29)10-38-22)7-15(28)34-17-11-37-18(35-17)9-32-21-25-8-13(23)19(27-21)31-4-2/h5-6,8,16-18,29H,3-4,7,9-12H2,1-2H3. The molecule has 2 aromatic rings. The molecule has 0 spiro atoms. The molecule has 13 nitrogen and oxygen atoms in total. The number of aliphatic hydroxyl groups is 1. The van der Waals surface area contributed by atoms with Gasteiger partial charge < -0.3 is 38.3 Å². The van der Waals surface area contributed by atoms with Gasteiger partial charge in [0, 0.05) is 18.0 Å². The quantitative estimate of drug-likeness (QED) is 0.346. The van der Waals surface area contributed by atoms with Crippen molar-refractivity contribution in [1.29, 1.82) is 0 Å². The summed E-state index contributed by atoms with van der Waals surface area (Å²) in [6.07, 6.45) is 0.344. The van der Waals surface area contributed by atoms with Crippen molar-refractivity contribution >= 4 is 29.5 Å². The molecule has 4 heterocycles. The summed E-state index contributed by atoms with van der Waals surface area (Å²) >= 11 is 2.60. The van der Waals surface area contributed by atoms with E-state index in [2.05, 4.69) is 19.9 Å². The van der Waals surface area contributed by atoms with Crippen LogP contribution < -0.4 is 18.9 Å². The zero-order chi connectivity index (χ0) is 27.0. The SMILES string of the molecule is CCOc1ccnc(OCC2(CC(=O)OC3CSC(COc4ncc(F)c(OCC)n4)O3)OC(O)CS2)n1. The van der Waals surface area contributed by atoms with Gasteiger partial charge in [-0.3, -0.25) is 4.79 Å². The van der Waals surface area contributed by atoms with E-state index in [-0.39, 0.29) is 49.9 Å². The van der Waals surface area contributed by atoms with E-state index >= 15 is 0 Å². The van der Waals surface area contributed by atoms with Crippen LogP contribution in [0.15, 0.2) is 18.5 Å². The minimum atomic E-state index is -1.20. The van der Waals surface area contributed by atoms with Crippen LogP contribution in [0.25, 0.3) is 0 Å². The zero-order valence-electron chi connectivity index (χ0n) is 20.6. The molecule has 0 bridgehead atoms. The molecule has 0 aromatic carbocycles. The average Bonchev–Trinajstić information content (AvgIpc) is 3.50. The van der Waals surface area contributed by atoms with Crippen molar-refractivity contribution in [3.63, 3.8) is 0 Å². The number of hydrogen-bond donors (Lipinski definition) is 1. The second-order valence-corrected chi connectivity index (χ2v) is 10.3. The van der Waals surface area contributed by atoms with Gasteiger partial charge in [0.05, 0.1) is 31.6 Å². The highest BCUT2D eigenvalue weighted by Gasteiger charge is 2.45. The molecule has 208 valence electrons. The van der Waals surface area contributed by atoms with Gasteiger partial charge in [-0.25, -0.2) is 9.97 Å². The molecule has 2 saturated heterocycles. The van der Waals surface area contributed by atoms with Crippen molar-refractivity contribution in [3.8, 4) is 23.8 Å². The summed E-state index contributed by atoms with van der Waals surface area (Å²) in [5.74, 6) is -0.526. The maximum atomic E-state index is 13.6. The lowest BCUT2D eigenvalue weighted by atomic mass is 10.2. The van der Waals surface area contributed by atoms with E-state index in [0.717, 1.165) is 6.20 Å². The van der Waals surface area contributed by atoms with E-state index in [9.17, 15) is 14.3 Å². The van der Waals surface area contributed by atoms with E-state index in [0.29, 0.717) is 18.2 Å². The van der Waals surface area contributed by atoms with Crippen molar-refractivity contribution in [2.24, 2.45) is 0 Å². The van der Waals surface area contributed by atoms with Crippen LogP contribution in [0.5, 0.6) is 23.8 Å². The Hall–Kier alpha value is -2.66. The molecule has 2 fully saturated rings. The van der Waals surface area contributed by atoms with Crippen LogP contribution in [0.4, 0.5) is 4.39 Å². The Morgan fingerprint density at radius 2 is 1.97 bits per heavy atom. The van der Waals surface area contributed by atoms with Crippen LogP contribution in [0, 0.1) is 5.82 Å². The molecule has 0 radical (unpaired) electrons. The zero-order valence-corrected chi connectivity index (χ0v) is 22.2. The molecule has 0 aliphatic carbocycles. The highest BCUT2D eigenvalue weighted by atomic mass is 32.2. The first-order chi connectivity index (χ1) is 18.4. The first-order valence-electron chi connectivity index (χ1n) is 11.7. The number of hydrogen-bond acceptors (Lipinski definition) is 15. The van der Waals surface area contributed by atoms with Gasteiger partial charge in [0.15, 0.2) is 11.2 Å². The maximum Gasteiger partial charge on any atom is 0.319 e. The topological polar surface area (TPSA) is 153 Å². The molecule has 2 aliphatic heterocycles. The number of carbonyl (C=O) groups excluding carboxylic acids is 1. The van der Waals surface area contributed by atoms with Gasteiger partial charge in [0.2, 0.25) is 18.0 Å². The third-order valence-electron chi connectivity index (χ3n) is 4.88. The largest absolute Gasteiger partial charge is 0.478 e. The Kier molecular flexibility index (Phi) is 10.0. The number of nitrogens with zero attached hydrogens (tertiary/aromatic N) is 4. The van der Waals surface area contributed by atoms with Crippen molar-refractivity contribution in [2.75, 3.05) is 37.9 Å². The molecule has 0 amide bonds. The number of halogens is 1. The smallest absolute Gasteiger partial charge is 0.319 e. The molecule has 38 heavy (non-hydrogen) atoms. The van der Waals surface area contributed by atoms with E-state index in [1.54, 1.807) is 13.0 Å². The van der Waals surface area contributed by atoms with Crippen LogP contribution in [0.1, 0.15) is 20.3 Å². The second-order valence-electron chi connectivity index (χ2n) is 7.74. The van der Waals surface area contributed by atoms with Gasteiger partial charge in [-0.1, -0.05) is 0 Å². The summed E-state index contributed by atoms with van der Waals surface area (Å²) in [4.78, 5) is 27.3. The summed E-state index contributed by atoms with van der Waals surface area (Å²) in [7, 11) is 0. The molecule has 4 atom stereocenters. The first-order valence-corrected chi connectivity index (χ1v) is 13.7. The lowest BCUT2D eigenvalue weighted by molar-refractivity contribution is -0.184. The van der Waals surface area contributed by atoms with Crippen LogP contribution >= 0.6 is 23.5 Å². The Morgan fingerprint density at radius 1 is 1.16 bits per heavy atom. The Labute approximate surface area is 226 Å². The van der Waals surface area contributed by atoms with Gasteiger partial charge in [0.1, 0.15) is 18.6 Å². The van der Waals surface area contributed by atoms with Gasteiger partial charge in [-0.2, -0.15) is 14.4 Å². The number of esters is 1. The lowest BCUT2D eigenvalue weighted by Gasteiger charge is -2.26. The van der Waals surface area contributed by atoms with Gasteiger partial charge in [-0.15, -0.1) is 23.5 Å². The number of aromatic nitrogens is 4. The van der Waals surface area contributed by atoms with Crippen molar-refractivity contribution in [3.05, 3.63) is 24.3 Å². The average molecular weight is 575 g/mol. The fraction of sp³-hybridized carbons (Fsp3) is 0.591. The molecular formula is C22H27FN4O9S2. The summed E-state index contributed by atoms with van der Waals surface area (Å²) in [6, 6.07) is 1.58. The highest BCUT2D eigenvalue weighted by molar-refractivity contribution is 8.00. The first kappa shape index (κ1) is 28.4. The fourth-order valence-corrected chi connectivity index (χ4v) is 5.27. The van der Waals surface area contributed by atoms with Crippen LogP contribution in [-0.2, 0) is 19.0 Å². The third kappa shape index (κ3) is 7.92. The van der Waals surface area contributed by atoms with Crippen LogP contribution in [-0.4, -0.2) is 91.9 Å². The van der Waals surface area contributed by atoms with E-state index in [1.807, 2.05) is 6.92 Å². The molecule has 2 aliphatic rings. The molecule has 0 saturated carbocycles. The van der Waals surface area contributed by atoms with Gasteiger partial charge in [0.25, 0.3) is 5.88 Å². The lowest BCUT2D eigenvalue weighted by Crippen LogP contribution is -2.38. The number of aliphatic hydroxyl groups excluding tert-OH is 1. The Morgan fingerprint density at radius 3 is 2.74 bits per heavy atom. The predicted octanol–water partition coefficient (Wildman–Crippen LogP) is 1.79. The summed E-state index contributed by atoms with van der Waals surface area (Å²) < 4.78 is 52.0. The van der Waals surface area contributed by atoms with E-state index in [4.69, 9.17) is 33.2 Å². The Balaban J connectivity index is 1.26. The van der Waals surface area contributed by atoms with Crippen LogP contribution in [0.3, 0.4) is 0 Å². The van der Waals surface area contributed by atoms with Crippen molar-refractivity contribution in [2.45, 2.75) is 43.2 Å². The van der Waals surface area contributed by atoms with Crippen LogP contribution in [0.2, 0.25) is 0 Å². The second kappa shape index (κ2) is 13.4. The van der Waals surface area contributed by atoms with Crippen molar-refractivity contribution in [1.82, 2.24) is 19.9 Å². The molecule has 4 unspecified atom stereocenters. The van der Waals surface area contributed by atoms with Gasteiger partial charge in [-0.05, 0) is 13.8 Å².